The maximum Gasteiger partial charge on any atom is 0.150 e. The monoisotopic (exact) mass is 374 g/mol. The van der Waals surface area contributed by atoms with E-state index in [-0.39, 0.29) is 0 Å². The second-order valence-electron chi connectivity index (χ2n) is 12.5. The third-order valence-corrected chi connectivity index (χ3v) is 10.9. The predicted octanol–water partition coefficient (Wildman–Crippen LogP) is 6.55. The van der Waals surface area contributed by atoms with E-state index in [4.69, 9.17) is 0 Å². The van der Waals surface area contributed by atoms with Crippen LogP contribution in [0, 0.1) is 40.4 Å². The van der Waals surface area contributed by atoms with Crippen LogP contribution in [0.3, 0.4) is 0 Å². The Bertz CT molecular complexity index is 768. The lowest BCUT2D eigenvalue weighted by Gasteiger charge is -2.72. The summed E-state index contributed by atoms with van der Waals surface area (Å²) in [5, 5.41) is 0. The topological polar surface area (TPSA) is 17.1 Å². The van der Waals surface area contributed by atoms with Crippen molar-refractivity contribution in [2.45, 2.75) is 82.5 Å². The number of hydrogen-bond acceptors (Lipinski definition) is 1. The molecule has 4 atom stereocenters. The number of hydrogen-bond donors (Lipinski definition) is 0. The predicted molar refractivity (Wildman–Crippen MR) is 111 cm³/mol. The average Bonchev–Trinajstić information content (AvgIpc) is 2.66. The Labute approximate surface area is 169 Å². The molecule has 1 nitrogen and oxygen atoms in total. The summed E-state index contributed by atoms with van der Waals surface area (Å²) in [5.41, 5.74) is 4.18. The van der Waals surface area contributed by atoms with E-state index in [1.807, 2.05) is 0 Å². The summed E-state index contributed by atoms with van der Waals surface area (Å²) in [6, 6.07) is 8.81. The summed E-state index contributed by atoms with van der Waals surface area (Å²) < 4.78 is 0. The largest absolute Gasteiger partial charge is 0.298 e. The molecule has 28 heavy (non-hydrogen) atoms. The zero-order valence-corrected chi connectivity index (χ0v) is 17.2. The van der Waals surface area contributed by atoms with Crippen LogP contribution in [0.15, 0.2) is 24.3 Å². The van der Waals surface area contributed by atoms with Gasteiger partial charge in [-0.2, -0.15) is 0 Å². The van der Waals surface area contributed by atoms with Crippen LogP contribution < -0.4 is 0 Å². The summed E-state index contributed by atoms with van der Waals surface area (Å²) in [7, 11) is 0. The third-order valence-electron chi connectivity index (χ3n) is 10.9. The van der Waals surface area contributed by atoms with E-state index < -0.39 is 0 Å². The molecule has 8 bridgehead atoms. The van der Waals surface area contributed by atoms with Crippen molar-refractivity contribution in [2.24, 2.45) is 40.4 Å². The summed E-state index contributed by atoms with van der Waals surface area (Å²) >= 11 is 0. The van der Waals surface area contributed by atoms with Gasteiger partial charge in [0.1, 0.15) is 6.29 Å². The Kier molecular flexibility index (Phi) is 3.17. The molecule has 9 rings (SSSR count). The van der Waals surface area contributed by atoms with Crippen molar-refractivity contribution in [3.63, 3.8) is 0 Å². The Morgan fingerprint density at radius 3 is 1.68 bits per heavy atom. The van der Waals surface area contributed by atoms with E-state index in [0.29, 0.717) is 16.2 Å². The molecule has 8 aliphatic rings. The van der Waals surface area contributed by atoms with Crippen LogP contribution in [0.25, 0.3) is 0 Å². The lowest BCUT2D eigenvalue weighted by Crippen LogP contribution is -2.63. The second kappa shape index (κ2) is 5.32. The molecule has 1 aromatic rings. The van der Waals surface area contributed by atoms with Gasteiger partial charge < -0.3 is 0 Å². The standard InChI is InChI=1S/C27H34O/c28-16-18-1-3-24(4-2-18)25-9-22-8-23(10-25)15-27(14-22,17-25)26-11-19-5-20(12-26)7-21(6-19)13-26/h1-4,16,19-23H,5-15,17H2/t19?,20?,21?,22-,23+,25?,26?,27?. The molecule has 148 valence electrons. The van der Waals surface area contributed by atoms with E-state index in [2.05, 4.69) is 24.3 Å². The van der Waals surface area contributed by atoms with E-state index in [1.54, 1.807) is 56.9 Å². The van der Waals surface area contributed by atoms with Gasteiger partial charge in [-0.05, 0) is 128 Å². The van der Waals surface area contributed by atoms with Crippen LogP contribution in [0.2, 0.25) is 0 Å². The van der Waals surface area contributed by atoms with Crippen molar-refractivity contribution >= 4 is 6.29 Å². The molecule has 8 fully saturated rings. The van der Waals surface area contributed by atoms with E-state index >= 15 is 0 Å². The van der Waals surface area contributed by atoms with Gasteiger partial charge in [0.2, 0.25) is 0 Å². The smallest absolute Gasteiger partial charge is 0.150 e. The fourth-order valence-electron chi connectivity index (χ4n) is 10.9. The van der Waals surface area contributed by atoms with Gasteiger partial charge in [-0.25, -0.2) is 0 Å². The molecular formula is C27H34O. The number of benzene rings is 1. The highest BCUT2D eigenvalue weighted by Gasteiger charge is 2.67. The Morgan fingerprint density at radius 2 is 1.14 bits per heavy atom. The van der Waals surface area contributed by atoms with Crippen molar-refractivity contribution in [1.29, 1.82) is 0 Å². The molecule has 0 radical (unpaired) electrons. The van der Waals surface area contributed by atoms with Gasteiger partial charge in [-0.15, -0.1) is 0 Å². The number of rotatable bonds is 3. The zero-order chi connectivity index (χ0) is 18.6. The van der Waals surface area contributed by atoms with Crippen molar-refractivity contribution in [2.75, 3.05) is 0 Å². The van der Waals surface area contributed by atoms with E-state index in [9.17, 15) is 4.79 Å². The van der Waals surface area contributed by atoms with Gasteiger partial charge in [0.15, 0.2) is 0 Å². The first-order chi connectivity index (χ1) is 13.6. The highest BCUT2D eigenvalue weighted by molar-refractivity contribution is 5.74. The average molecular weight is 375 g/mol. The summed E-state index contributed by atoms with van der Waals surface area (Å²) in [6.45, 7) is 0. The molecule has 1 aromatic carbocycles. The van der Waals surface area contributed by atoms with Crippen molar-refractivity contribution in [3.8, 4) is 0 Å². The normalized spacial score (nSPS) is 52.9. The summed E-state index contributed by atoms with van der Waals surface area (Å²) in [4.78, 5) is 11.2. The molecule has 1 heteroatoms. The molecule has 0 amide bonds. The third kappa shape index (κ3) is 2.07. The first kappa shape index (κ1) is 16.7. The van der Waals surface area contributed by atoms with Crippen molar-refractivity contribution in [1.82, 2.24) is 0 Å². The molecule has 0 saturated heterocycles. The Morgan fingerprint density at radius 1 is 0.643 bits per heavy atom. The first-order valence-electron chi connectivity index (χ1n) is 12.2. The minimum Gasteiger partial charge on any atom is -0.298 e. The van der Waals surface area contributed by atoms with Gasteiger partial charge in [0, 0.05) is 5.56 Å². The zero-order valence-electron chi connectivity index (χ0n) is 17.2. The maximum absolute atomic E-state index is 11.2. The first-order valence-corrected chi connectivity index (χ1v) is 12.2. The molecule has 0 aliphatic heterocycles. The molecule has 0 heterocycles. The Balaban J connectivity index is 1.31. The fourth-order valence-corrected chi connectivity index (χ4v) is 10.9. The lowest BCUT2D eigenvalue weighted by molar-refractivity contribution is -0.205. The minimum atomic E-state index is 0.425. The number of aldehydes is 1. The minimum absolute atomic E-state index is 0.425. The maximum atomic E-state index is 11.2. The van der Waals surface area contributed by atoms with Gasteiger partial charge in [-0.1, -0.05) is 24.3 Å². The van der Waals surface area contributed by atoms with Crippen molar-refractivity contribution < 1.29 is 4.79 Å². The summed E-state index contributed by atoms with van der Waals surface area (Å²) in [5.74, 6) is 5.16. The van der Waals surface area contributed by atoms with Crippen LogP contribution in [-0.4, -0.2) is 6.29 Å². The van der Waals surface area contributed by atoms with Gasteiger partial charge in [-0.3, -0.25) is 4.79 Å². The lowest BCUT2D eigenvalue weighted by atomic mass is 9.32. The highest BCUT2D eigenvalue weighted by atomic mass is 16.1. The molecule has 2 unspecified atom stereocenters. The van der Waals surface area contributed by atoms with Gasteiger partial charge in [0.05, 0.1) is 0 Å². The van der Waals surface area contributed by atoms with Crippen LogP contribution in [0.4, 0.5) is 0 Å². The summed E-state index contributed by atoms with van der Waals surface area (Å²) in [6.07, 6.45) is 19.4. The van der Waals surface area contributed by atoms with Crippen LogP contribution in [-0.2, 0) is 5.41 Å². The van der Waals surface area contributed by atoms with Crippen LogP contribution in [0.5, 0.6) is 0 Å². The quantitative estimate of drug-likeness (QED) is 0.548. The molecule has 8 saturated carbocycles. The van der Waals surface area contributed by atoms with Crippen LogP contribution in [0.1, 0.15) is 93.0 Å². The molecule has 0 N–H and O–H groups in total. The fraction of sp³-hybridized carbons (Fsp3) is 0.741. The van der Waals surface area contributed by atoms with E-state index in [1.165, 1.54) is 25.7 Å². The van der Waals surface area contributed by atoms with Crippen molar-refractivity contribution in [3.05, 3.63) is 35.4 Å². The van der Waals surface area contributed by atoms with E-state index in [0.717, 1.165) is 41.4 Å². The van der Waals surface area contributed by atoms with Gasteiger partial charge >= 0.3 is 0 Å². The second-order valence-corrected chi connectivity index (χ2v) is 12.5. The van der Waals surface area contributed by atoms with Crippen LogP contribution >= 0.6 is 0 Å². The van der Waals surface area contributed by atoms with Gasteiger partial charge in [0.25, 0.3) is 0 Å². The SMILES string of the molecule is O=Cc1ccc(C23C[C@H]4C[C@@H](C2)CC(C25CC6CC(CC(C6)C2)C5)(C4)C3)cc1. The molecule has 0 spiro atoms. The molecule has 0 aromatic heterocycles. The molecular weight excluding hydrogens is 340 g/mol. The Hall–Kier alpha value is -1.11. The molecule has 8 aliphatic carbocycles. The highest BCUT2D eigenvalue weighted by Crippen LogP contribution is 2.76. The number of carbonyl (C=O) groups excluding carboxylic acids is 1. The number of carbonyl (C=O) groups is 1.